The zero-order chi connectivity index (χ0) is 20.9. The van der Waals surface area contributed by atoms with Crippen LogP contribution in [-0.4, -0.2) is 38.4 Å². The topological polar surface area (TPSA) is 66.5 Å². The number of carbonyl (C=O) groups excluding carboxylic acids is 1. The summed E-state index contributed by atoms with van der Waals surface area (Å²) in [5.41, 5.74) is 1.92. The molecule has 0 spiro atoms. The van der Waals surface area contributed by atoms with Gasteiger partial charge in [-0.2, -0.15) is 17.5 Å². The Morgan fingerprint density at radius 3 is 2.04 bits per heavy atom. The normalized spacial score (nSPS) is 12.2. The van der Waals surface area contributed by atoms with Crippen molar-refractivity contribution < 1.29 is 26.4 Å². The summed E-state index contributed by atoms with van der Waals surface area (Å²) >= 11 is 0. The van der Waals surface area contributed by atoms with Crippen LogP contribution in [0, 0.1) is 0 Å². The van der Waals surface area contributed by atoms with Crippen LogP contribution in [0.3, 0.4) is 0 Å². The highest BCUT2D eigenvalue weighted by atomic mass is 32.2. The molecule has 0 heterocycles. The average Bonchev–Trinajstić information content (AvgIpc) is 2.66. The van der Waals surface area contributed by atoms with Gasteiger partial charge in [-0.25, -0.2) is 8.42 Å². The molecule has 0 saturated heterocycles. The van der Waals surface area contributed by atoms with E-state index in [9.17, 15) is 26.4 Å². The molecular weight excluding hydrogens is 393 g/mol. The monoisotopic (exact) mass is 414 g/mol. The van der Waals surface area contributed by atoms with Gasteiger partial charge in [0.05, 0.1) is 4.90 Å². The van der Waals surface area contributed by atoms with E-state index in [1.807, 2.05) is 31.2 Å². The molecule has 0 aliphatic rings. The smallest absolute Gasteiger partial charge is 0.343 e. The number of benzene rings is 2. The van der Waals surface area contributed by atoms with Crippen molar-refractivity contribution >= 4 is 15.9 Å². The summed E-state index contributed by atoms with van der Waals surface area (Å²) in [5, 5.41) is 1.74. The molecule has 5 nitrogen and oxygen atoms in total. The fourth-order valence-electron chi connectivity index (χ4n) is 2.46. The van der Waals surface area contributed by atoms with Gasteiger partial charge < -0.3 is 5.32 Å². The van der Waals surface area contributed by atoms with Gasteiger partial charge in [0.25, 0.3) is 5.91 Å². The van der Waals surface area contributed by atoms with Crippen LogP contribution in [0.5, 0.6) is 0 Å². The lowest BCUT2D eigenvalue weighted by Gasteiger charge is -2.18. The number of carbonyl (C=O) groups is 1. The third-order valence-electron chi connectivity index (χ3n) is 4.11. The van der Waals surface area contributed by atoms with Crippen molar-refractivity contribution in [3.8, 4) is 0 Å². The molecule has 0 aromatic heterocycles. The van der Waals surface area contributed by atoms with Crippen LogP contribution < -0.4 is 5.32 Å². The molecule has 2 aromatic rings. The Labute approximate surface area is 162 Å². The van der Waals surface area contributed by atoms with Crippen LogP contribution in [0.2, 0.25) is 0 Å². The van der Waals surface area contributed by atoms with E-state index in [0.717, 1.165) is 17.5 Å². The molecule has 0 radical (unpaired) electrons. The molecule has 0 aliphatic carbocycles. The molecule has 0 fully saturated rings. The summed E-state index contributed by atoms with van der Waals surface area (Å²) in [6, 6.07) is 12.4. The van der Waals surface area contributed by atoms with Crippen molar-refractivity contribution in [1.29, 1.82) is 0 Å². The van der Waals surface area contributed by atoms with E-state index in [-0.39, 0.29) is 17.0 Å². The van der Waals surface area contributed by atoms with Crippen LogP contribution in [0.4, 0.5) is 13.2 Å². The first-order valence-electron chi connectivity index (χ1n) is 8.52. The molecule has 152 valence electrons. The standard InChI is InChI=1S/C19H21F3N2O3S/c1-3-14-4-6-15(7-5-14)12-24(2)28(26,27)17-10-8-16(9-11-17)18(25)23-13-19(20,21)22/h4-11H,3,12-13H2,1-2H3,(H,23,25). The van der Waals surface area contributed by atoms with Crippen molar-refractivity contribution in [3.05, 3.63) is 65.2 Å². The number of hydrogen-bond acceptors (Lipinski definition) is 3. The molecule has 0 unspecified atom stereocenters. The Bertz CT molecular complexity index is 909. The molecular formula is C19H21F3N2O3S. The van der Waals surface area contributed by atoms with Crippen LogP contribution in [0.1, 0.15) is 28.4 Å². The van der Waals surface area contributed by atoms with Crippen LogP contribution in [0.25, 0.3) is 0 Å². The zero-order valence-electron chi connectivity index (χ0n) is 15.5. The Kier molecular flexibility index (Phi) is 6.84. The molecule has 2 rings (SSSR count). The quantitative estimate of drug-likeness (QED) is 0.756. The van der Waals surface area contributed by atoms with Gasteiger partial charge in [-0.3, -0.25) is 4.79 Å². The van der Waals surface area contributed by atoms with Gasteiger partial charge in [-0.1, -0.05) is 31.2 Å². The SMILES string of the molecule is CCc1ccc(CN(C)S(=O)(=O)c2ccc(C(=O)NCC(F)(F)F)cc2)cc1. The van der Waals surface area contributed by atoms with Gasteiger partial charge in [-0.15, -0.1) is 0 Å². The highest BCUT2D eigenvalue weighted by Crippen LogP contribution is 2.18. The summed E-state index contributed by atoms with van der Waals surface area (Å²) in [5.74, 6) is -0.925. The Morgan fingerprint density at radius 1 is 1.00 bits per heavy atom. The number of nitrogens with one attached hydrogen (secondary N) is 1. The number of aryl methyl sites for hydroxylation is 1. The maximum atomic E-state index is 12.7. The minimum atomic E-state index is -4.52. The lowest BCUT2D eigenvalue weighted by atomic mass is 10.1. The van der Waals surface area contributed by atoms with Crippen molar-refractivity contribution in [2.24, 2.45) is 0 Å². The molecule has 28 heavy (non-hydrogen) atoms. The number of nitrogens with zero attached hydrogens (tertiary/aromatic N) is 1. The van der Waals surface area contributed by atoms with Gasteiger partial charge in [0.15, 0.2) is 0 Å². The highest BCUT2D eigenvalue weighted by molar-refractivity contribution is 7.89. The van der Waals surface area contributed by atoms with Crippen LogP contribution >= 0.6 is 0 Å². The predicted molar refractivity (Wildman–Crippen MR) is 99.3 cm³/mol. The summed E-state index contributed by atoms with van der Waals surface area (Å²) in [7, 11) is -2.37. The van der Waals surface area contributed by atoms with Gasteiger partial charge >= 0.3 is 6.18 Å². The van der Waals surface area contributed by atoms with Crippen LogP contribution in [0.15, 0.2) is 53.4 Å². The van der Waals surface area contributed by atoms with Crippen molar-refractivity contribution in [2.75, 3.05) is 13.6 Å². The second kappa shape index (κ2) is 8.74. The van der Waals surface area contributed by atoms with Crippen molar-refractivity contribution in [1.82, 2.24) is 9.62 Å². The predicted octanol–water partition coefficient (Wildman–Crippen LogP) is 3.36. The third-order valence-corrected chi connectivity index (χ3v) is 5.93. The largest absolute Gasteiger partial charge is 0.405 e. The first-order chi connectivity index (χ1) is 13.0. The summed E-state index contributed by atoms with van der Waals surface area (Å²) in [6.07, 6.45) is -3.63. The van der Waals surface area contributed by atoms with E-state index in [1.165, 1.54) is 35.6 Å². The molecule has 1 N–H and O–H groups in total. The molecule has 0 atom stereocenters. The lowest BCUT2D eigenvalue weighted by molar-refractivity contribution is -0.123. The van der Waals surface area contributed by atoms with Crippen molar-refractivity contribution in [3.63, 3.8) is 0 Å². The molecule has 0 aliphatic heterocycles. The molecule has 1 amide bonds. The number of hydrogen-bond donors (Lipinski definition) is 1. The summed E-state index contributed by atoms with van der Waals surface area (Å²) < 4.78 is 63.0. The molecule has 0 bridgehead atoms. The maximum Gasteiger partial charge on any atom is 0.405 e. The maximum absolute atomic E-state index is 12.7. The van der Waals surface area contributed by atoms with E-state index in [0.29, 0.717) is 0 Å². The molecule has 2 aromatic carbocycles. The zero-order valence-corrected chi connectivity index (χ0v) is 16.3. The molecule has 9 heteroatoms. The molecule has 0 saturated carbocycles. The van der Waals surface area contributed by atoms with Gasteiger partial charge in [0, 0.05) is 19.2 Å². The minimum Gasteiger partial charge on any atom is -0.343 e. The number of sulfonamides is 1. The lowest BCUT2D eigenvalue weighted by Crippen LogP contribution is -2.33. The first kappa shape index (κ1) is 21.9. The fourth-order valence-corrected chi connectivity index (χ4v) is 3.62. The second-order valence-electron chi connectivity index (χ2n) is 6.25. The van der Waals surface area contributed by atoms with E-state index in [1.54, 1.807) is 5.32 Å². The van der Waals surface area contributed by atoms with Gasteiger partial charge in [-0.05, 0) is 41.8 Å². The van der Waals surface area contributed by atoms with Crippen LogP contribution in [-0.2, 0) is 23.0 Å². The third kappa shape index (κ3) is 5.80. The van der Waals surface area contributed by atoms with E-state index in [2.05, 4.69) is 0 Å². The summed E-state index contributed by atoms with van der Waals surface area (Å²) in [4.78, 5) is 11.7. The number of amides is 1. The van der Waals surface area contributed by atoms with E-state index in [4.69, 9.17) is 0 Å². The van der Waals surface area contributed by atoms with Crippen molar-refractivity contribution in [2.45, 2.75) is 31.0 Å². The average molecular weight is 414 g/mol. The Hall–Kier alpha value is -2.39. The Balaban J connectivity index is 2.08. The number of rotatable bonds is 7. The second-order valence-corrected chi connectivity index (χ2v) is 8.30. The Morgan fingerprint density at radius 2 is 1.54 bits per heavy atom. The highest BCUT2D eigenvalue weighted by Gasteiger charge is 2.28. The van der Waals surface area contributed by atoms with Gasteiger partial charge in [0.1, 0.15) is 6.54 Å². The summed E-state index contributed by atoms with van der Waals surface area (Å²) in [6.45, 7) is 0.740. The van der Waals surface area contributed by atoms with Gasteiger partial charge in [0.2, 0.25) is 10.0 Å². The van der Waals surface area contributed by atoms with E-state index < -0.39 is 28.7 Å². The van der Waals surface area contributed by atoms with E-state index >= 15 is 0 Å². The number of alkyl halides is 3. The first-order valence-corrected chi connectivity index (χ1v) is 9.96. The number of halogens is 3. The minimum absolute atomic E-state index is 0.0486. The fraction of sp³-hybridized carbons (Fsp3) is 0.316.